The van der Waals surface area contributed by atoms with Crippen molar-refractivity contribution < 1.29 is 29.0 Å². The first kappa shape index (κ1) is 24.5. The molecule has 4 rings (SSSR count). The molecule has 1 fully saturated rings. The van der Waals surface area contributed by atoms with Crippen LogP contribution in [0.4, 0.5) is 0 Å². The molecule has 2 aliphatic rings. The van der Waals surface area contributed by atoms with Crippen molar-refractivity contribution in [3.05, 3.63) is 62.7 Å². The summed E-state index contributed by atoms with van der Waals surface area (Å²) < 4.78 is 11.8. The molecule has 0 saturated carbocycles. The van der Waals surface area contributed by atoms with Gasteiger partial charge in [0.1, 0.15) is 29.5 Å². The molecule has 8 nitrogen and oxygen atoms in total. The monoisotopic (exact) mass is 542 g/mol. The maximum atomic E-state index is 12.5. The number of thioether (sulfide) groups is 1. The Labute approximate surface area is 213 Å². The maximum absolute atomic E-state index is 12.5. The third kappa shape index (κ3) is 4.93. The van der Waals surface area contributed by atoms with Gasteiger partial charge in [0.15, 0.2) is 11.5 Å². The van der Waals surface area contributed by atoms with Gasteiger partial charge in [-0.25, -0.2) is 4.79 Å². The van der Waals surface area contributed by atoms with Crippen molar-refractivity contribution in [1.29, 1.82) is 0 Å². The van der Waals surface area contributed by atoms with Gasteiger partial charge in [0, 0.05) is 34.4 Å². The summed E-state index contributed by atoms with van der Waals surface area (Å²) >= 11 is 19.6. The minimum atomic E-state index is -1.26. The van der Waals surface area contributed by atoms with Gasteiger partial charge >= 0.3 is 5.97 Å². The number of halogens is 3. The normalized spacial score (nSPS) is 19.3. The number of carboxylic acid groups (broad SMARTS) is 1. The van der Waals surface area contributed by atoms with Gasteiger partial charge in [-0.05, 0) is 30.3 Å². The number of β-lactam (4-membered cyclic amide) rings is 1. The van der Waals surface area contributed by atoms with Crippen molar-refractivity contribution >= 4 is 64.3 Å². The third-order valence-electron chi connectivity index (χ3n) is 5.03. The van der Waals surface area contributed by atoms with Crippen molar-refractivity contribution in [2.45, 2.75) is 18.3 Å². The molecule has 2 aliphatic heterocycles. The summed E-state index contributed by atoms with van der Waals surface area (Å²) in [5.41, 5.74) is 0.249. The number of nitrogens with one attached hydrogen (secondary N) is 1. The Morgan fingerprint density at radius 2 is 1.79 bits per heavy atom. The smallest absolute Gasteiger partial charge is 0.352 e. The molecule has 0 spiro atoms. The topological polar surface area (TPSA) is 105 Å². The lowest BCUT2D eigenvalue weighted by atomic mass is 10.0. The van der Waals surface area contributed by atoms with Gasteiger partial charge in [0.25, 0.3) is 5.91 Å². The van der Waals surface area contributed by atoms with Crippen LogP contribution in [0.1, 0.15) is 6.92 Å². The fraction of sp³-hybridized carbons (Fsp3) is 0.227. The average Bonchev–Trinajstić information content (AvgIpc) is 2.78. The quantitative estimate of drug-likeness (QED) is 0.493. The predicted molar refractivity (Wildman–Crippen MR) is 129 cm³/mol. The molecule has 0 radical (unpaired) electrons. The van der Waals surface area contributed by atoms with E-state index >= 15 is 0 Å². The van der Waals surface area contributed by atoms with Crippen molar-refractivity contribution in [3.8, 4) is 17.2 Å². The molecule has 2 heterocycles. The Hall–Kier alpha value is -2.59. The number of aliphatic carboxylic acids is 1. The number of carbonyl (C=O) groups is 3. The van der Waals surface area contributed by atoms with Gasteiger partial charge in [0.2, 0.25) is 5.91 Å². The molecule has 0 bridgehead atoms. The molecule has 2 aromatic carbocycles. The van der Waals surface area contributed by atoms with Crippen LogP contribution in [0.3, 0.4) is 0 Å². The third-order valence-corrected chi connectivity index (χ3v) is 7.14. The van der Waals surface area contributed by atoms with Crippen LogP contribution in [-0.2, 0) is 14.4 Å². The molecule has 1 saturated heterocycles. The van der Waals surface area contributed by atoms with Gasteiger partial charge < -0.3 is 19.9 Å². The summed E-state index contributed by atoms with van der Waals surface area (Å²) in [6, 6.07) is 8.74. The van der Waals surface area contributed by atoms with Crippen LogP contribution in [0, 0.1) is 0 Å². The molecule has 34 heavy (non-hydrogen) atoms. The van der Waals surface area contributed by atoms with Gasteiger partial charge in [-0.1, -0.05) is 34.8 Å². The number of ether oxygens (including phenoxy) is 2. The number of hydrogen-bond donors (Lipinski definition) is 2. The molecular formula is C22H17Cl3N2O6S. The lowest BCUT2D eigenvalue weighted by Crippen LogP contribution is -2.70. The minimum absolute atomic E-state index is 0.124. The lowest BCUT2D eigenvalue weighted by Gasteiger charge is -2.49. The van der Waals surface area contributed by atoms with Crippen molar-refractivity contribution in [2.75, 3.05) is 12.4 Å². The van der Waals surface area contributed by atoms with Crippen LogP contribution in [0.2, 0.25) is 15.1 Å². The van der Waals surface area contributed by atoms with E-state index in [1.54, 1.807) is 24.3 Å². The molecule has 0 aliphatic carbocycles. The van der Waals surface area contributed by atoms with E-state index in [-0.39, 0.29) is 24.0 Å². The largest absolute Gasteiger partial charge is 0.485 e. The van der Waals surface area contributed by atoms with E-state index in [1.165, 1.54) is 35.7 Å². The zero-order chi connectivity index (χ0) is 24.6. The van der Waals surface area contributed by atoms with Crippen LogP contribution in [0.5, 0.6) is 17.2 Å². The number of nitrogens with zero attached hydrogens (tertiary/aromatic N) is 1. The molecular weight excluding hydrogens is 527 g/mol. The zero-order valence-electron chi connectivity index (χ0n) is 17.5. The highest BCUT2D eigenvalue weighted by atomic mass is 35.5. The second-order valence-electron chi connectivity index (χ2n) is 7.40. The lowest BCUT2D eigenvalue weighted by molar-refractivity contribution is -0.150. The standard InChI is InChI=1S/C22H17Cl3N2O6S/c1-10(28)26-18-20(29)27-19(22(30)31)11(9-34-21(18)27)8-32-17-7-13(24)3-5-16(17)33-15-4-2-12(23)6-14(15)25/h2-7,18,21H,8-9H2,1H3,(H,26,28)(H,30,31)/t18-,21-/m1/s1. The summed E-state index contributed by atoms with van der Waals surface area (Å²) in [7, 11) is 0. The highest BCUT2D eigenvalue weighted by Gasteiger charge is 2.54. The van der Waals surface area contributed by atoms with Crippen molar-refractivity contribution in [1.82, 2.24) is 10.2 Å². The molecule has 2 aromatic rings. The fourth-order valence-electron chi connectivity index (χ4n) is 3.53. The molecule has 12 heteroatoms. The highest BCUT2D eigenvalue weighted by molar-refractivity contribution is 8.00. The summed E-state index contributed by atoms with van der Waals surface area (Å²) in [6.07, 6.45) is 0. The number of rotatable bonds is 7. The fourth-order valence-corrected chi connectivity index (χ4v) is 5.47. The first-order valence-corrected chi connectivity index (χ1v) is 12.1. The molecule has 0 aromatic heterocycles. The van der Waals surface area contributed by atoms with Crippen molar-refractivity contribution in [3.63, 3.8) is 0 Å². The van der Waals surface area contributed by atoms with Crippen LogP contribution in [0.25, 0.3) is 0 Å². The summed E-state index contributed by atoms with van der Waals surface area (Å²) in [4.78, 5) is 37.1. The van der Waals surface area contributed by atoms with Crippen LogP contribution in [0.15, 0.2) is 47.7 Å². The summed E-state index contributed by atoms with van der Waals surface area (Å²) in [5.74, 6) is -0.892. The van der Waals surface area contributed by atoms with E-state index in [2.05, 4.69) is 5.32 Å². The number of carboxylic acids is 1. The Bertz CT molecular complexity index is 1220. The van der Waals surface area contributed by atoms with E-state index in [1.807, 2.05) is 0 Å². The molecule has 0 unspecified atom stereocenters. The van der Waals surface area contributed by atoms with E-state index in [0.717, 1.165) is 0 Å². The number of carbonyl (C=O) groups excluding carboxylic acids is 2. The first-order chi connectivity index (χ1) is 16.2. The predicted octanol–water partition coefficient (Wildman–Crippen LogP) is 4.58. The van der Waals surface area contributed by atoms with E-state index < -0.39 is 23.3 Å². The van der Waals surface area contributed by atoms with Crippen LogP contribution >= 0.6 is 46.6 Å². The number of amides is 2. The van der Waals surface area contributed by atoms with E-state index in [4.69, 9.17) is 44.3 Å². The molecule has 2 N–H and O–H groups in total. The van der Waals surface area contributed by atoms with E-state index in [9.17, 15) is 19.5 Å². The van der Waals surface area contributed by atoms with Gasteiger partial charge in [-0.2, -0.15) is 0 Å². The Morgan fingerprint density at radius 3 is 2.44 bits per heavy atom. The van der Waals surface area contributed by atoms with Gasteiger partial charge in [-0.3, -0.25) is 14.5 Å². The highest BCUT2D eigenvalue weighted by Crippen LogP contribution is 2.42. The minimum Gasteiger partial charge on any atom is -0.485 e. The SMILES string of the molecule is CC(=O)N[C@@H]1C(=O)N2C(C(=O)O)=C(COc3cc(Cl)ccc3Oc3ccc(Cl)cc3Cl)CS[C@H]12. The Morgan fingerprint density at radius 1 is 1.12 bits per heavy atom. The second-order valence-corrected chi connectivity index (χ2v) is 9.79. The maximum Gasteiger partial charge on any atom is 0.352 e. The number of benzene rings is 2. The second kappa shape index (κ2) is 9.95. The van der Waals surface area contributed by atoms with Crippen LogP contribution < -0.4 is 14.8 Å². The molecule has 178 valence electrons. The zero-order valence-corrected chi connectivity index (χ0v) is 20.6. The number of fused-ring (bicyclic) bond motifs is 1. The summed E-state index contributed by atoms with van der Waals surface area (Å²) in [5, 5.41) is 13.0. The Balaban J connectivity index is 1.56. The molecule has 2 amide bonds. The first-order valence-electron chi connectivity index (χ1n) is 9.88. The van der Waals surface area contributed by atoms with E-state index in [0.29, 0.717) is 37.9 Å². The Kier molecular flexibility index (Phi) is 7.18. The average molecular weight is 544 g/mol. The molecule has 2 atom stereocenters. The van der Waals surface area contributed by atoms with Gasteiger partial charge in [-0.15, -0.1) is 11.8 Å². The van der Waals surface area contributed by atoms with Gasteiger partial charge in [0.05, 0.1) is 5.02 Å². The van der Waals surface area contributed by atoms with Crippen LogP contribution in [-0.4, -0.2) is 51.6 Å². The number of hydrogen-bond acceptors (Lipinski definition) is 6. The van der Waals surface area contributed by atoms with Crippen molar-refractivity contribution in [2.24, 2.45) is 0 Å². The summed E-state index contributed by atoms with van der Waals surface area (Å²) in [6.45, 7) is 1.18.